The highest BCUT2D eigenvalue weighted by Crippen LogP contribution is 2.34. The van der Waals surface area contributed by atoms with E-state index in [9.17, 15) is 0 Å². The smallest absolute Gasteiger partial charge is 0.0318 e. The van der Waals surface area contributed by atoms with Gasteiger partial charge in [-0.15, -0.1) is 0 Å². The summed E-state index contributed by atoms with van der Waals surface area (Å²) >= 11 is 5.47. The minimum atomic E-state index is 0.932. The van der Waals surface area contributed by atoms with Crippen LogP contribution in [0.5, 0.6) is 0 Å². The second kappa shape index (κ2) is 7.87. The van der Waals surface area contributed by atoms with Crippen molar-refractivity contribution in [3.05, 3.63) is 58.1 Å². The maximum Gasteiger partial charge on any atom is 0.0318 e. The van der Waals surface area contributed by atoms with Gasteiger partial charge in [-0.1, -0.05) is 42.4 Å². The lowest BCUT2D eigenvalue weighted by Gasteiger charge is -2.08. The molecule has 106 valence electrons. The summed E-state index contributed by atoms with van der Waals surface area (Å²) in [5.41, 5.74) is 2.62. The van der Waals surface area contributed by atoms with Crippen LogP contribution < -0.4 is 5.32 Å². The summed E-state index contributed by atoms with van der Waals surface area (Å²) in [6.07, 6.45) is 1.17. The third-order valence-electron chi connectivity index (χ3n) is 3.00. The molecule has 0 aromatic heterocycles. The Balaban J connectivity index is 2.03. The molecular weight excluding hydrogens is 330 g/mol. The van der Waals surface area contributed by atoms with Gasteiger partial charge >= 0.3 is 0 Å². The van der Waals surface area contributed by atoms with Crippen LogP contribution >= 0.6 is 27.7 Å². The van der Waals surface area contributed by atoms with Crippen molar-refractivity contribution in [1.82, 2.24) is 5.32 Å². The fraction of sp³-hybridized carbons (Fsp3) is 0.294. The second-order valence-corrected chi connectivity index (χ2v) is 6.83. The van der Waals surface area contributed by atoms with Gasteiger partial charge in [0.2, 0.25) is 0 Å². The molecule has 1 N–H and O–H groups in total. The van der Waals surface area contributed by atoms with Gasteiger partial charge in [-0.3, -0.25) is 0 Å². The van der Waals surface area contributed by atoms with Crippen LogP contribution in [0.25, 0.3) is 0 Å². The van der Waals surface area contributed by atoms with Crippen LogP contribution in [-0.4, -0.2) is 6.54 Å². The number of hydrogen-bond donors (Lipinski definition) is 1. The number of nitrogens with one attached hydrogen (secondary N) is 1. The maximum atomic E-state index is 3.68. The molecule has 0 aliphatic heterocycles. The standard InChI is InChI=1S/C17H20BrNS/c1-3-10-19-12-14-6-9-17(16(18)11-14)20-15-7-4-13(2)5-8-15/h4-9,11,19H,3,10,12H2,1-2H3. The summed E-state index contributed by atoms with van der Waals surface area (Å²) in [4.78, 5) is 2.53. The van der Waals surface area contributed by atoms with Crippen molar-refractivity contribution in [3.63, 3.8) is 0 Å². The van der Waals surface area contributed by atoms with E-state index in [2.05, 4.69) is 77.6 Å². The van der Waals surface area contributed by atoms with Crippen LogP contribution in [0.1, 0.15) is 24.5 Å². The molecule has 20 heavy (non-hydrogen) atoms. The molecule has 0 saturated heterocycles. The number of aryl methyl sites for hydroxylation is 1. The molecule has 2 aromatic carbocycles. The Morgan fingerprint density at radius 3 is 2.50 bits per heavy atom. The highest BCUT2D eigenvalue weighted by Gasteiger charge is 2.04. The zero-order valence-corrected chi connectivity index (χ0v) is 14.4. The summed E-state index contributed by atoms with van der Waals surface area (Å²) in [5.74, 6) is 0. The lowest BCUT2D eigenvalue weighted by atomic mass is 10.2. The Labute approximate surface area is 134 Å². The minimum absolute atomic E-state index is 0.932. The summed E-state index contributed by atoms with van der Waals surface area (Å²) in [7, 11) is 0. The van der Waals surface area contributed by atoms with Crippen LogP contribution in [0.3, 0.4) is 0 Å². The van der Waals surface area contributed by atoms with Gasteiger partial charge in [0.25, 0.3) is 0 Å². The van der Waals surface area contributed by atoms with E-state index in [1.807, 2.05) is 0 Å². The second-order valence-electron chi connectivity index (χ2n) is 4.86. The zero-order valence-electron chi connectivity index (χ0n) is 11.9. The van der Waals surface area contributed by atoms with Crippen LogP contribution in [-0.2, 0) is 6.54 Å². The summed E-state index contributed by atoms with van der Waals surface area (Å²) < 4.78 is 1.17. The van der Waals surface area contributed by atoms with Crippen LogP contribution in [0.4, 0.5) is 0 Å². The molecule has 3 heteroatoms. The molecule has 0 saturated carbocycles. The van der Waals surface area contributed by atoms with Crippen molar-refractivity contribution in [2.45, 2.75) is 36.6 Å². The van der Waals surface area contributed by atoms with Gasteiger partial charge in [-0.2, -0.15) is 0 Å². The molecule has 2 aromatic rings. The molecule has 0 aliphatic rings. The highest BCUT2D eigenvalue weighted by molar-refractivity contribution is 9.10. The first-order valence-corrected chi connectivity index (χ1v) is 8.53. The van der Waals surface area contributed by atoms with E-state index < -0.39 is 0 Å². The van der Waals surface area contributed by atoms with Gasteiger partial charge in [-0.25, -0.2) is 0 Å². The normalized spacial score (nSPS) is 10.8. The van der Waals surface area contributed by atoms with Gasteiger partial charge in [0.15, 0.2) is 0 Å². The van der Waals surface area contributed by atoms with E-state index >= 15 is 0 Å². The maximum absolute atomic E-state index is 3.68. The molecule has 0 radical (unpaired) electrons. The van der Waals surface area contributed by atoms with Crippen molar-refractivity contribution < 1.29 is 0 Å². The molecule has 0 fully saturated rings. The van der Waals surface area contributed by atoms with Crippen molar-refractivity contribution >= 4 is 27.7 Å². The minimum Gasteiger partial charge on any atom is -0.313 e. The summed E-state index contributed by atoms with van der Waals surface area (Å²) in [6.45, 7) is 6.30. The van der Waals surface area contributed by atoms with E-state index in [-0.39, 0.29) is 0 Å². The molecule has 0 heterocycles. The Morgan fingerprint density at radius 1 is 1.10 bits per heavy atom. The average molecular weight is 350 g/mol. The highest BCUT2D eigenvalue weighted by atomic mass is 79.9. The first-order valence-electron chi connectivity index (χ1n) is 6.92. The van der Waals surface area contributed by atoms with E-state index in [0.717, 1.165) is 13.1 Å². The van der Waals surface area contributed by atoms with Gasteiger partial charge in [-0.05, 0) is 65.6 Å². The molecule has 0 spiro atoms. The molecule has 0 aliphatic carbocycles. The van der Waals surface area contributed by atoms with E-state index in [4.69, 9.17) is 0 Å². The first kappa shape index (κ1) is 15.6. The number of rotatable bonds is 6. The third kappa shape index (κ3) is 4.65. The average Bonchev–Trinajstić information content (AvgIpc) is 2.44. The Bertz CT molecular complexity index is 551. The molecule has 0 atom stereocenters. The fourth-order valence-corrected chi connectivity index (χ4v) is 3.37. The fourth-order valence-electron chi connectivity index (χ4n) is 1.88. The van der Waals surface area contributed by atoms with Crippen molar-refractivity contribution in [3.8, 4) is 0 Å². The van der Waals surface area contributed by atoms with Crippen molar-refractivity contribution in [1.29, 1.82) is 0 Å². The molecule has 0 unspecified atom stereocenters. The summed E-state index contributed by atoms with van der Waals surface area (Å²) in [6, 6.07) is 15.2. The molecule has 0 amide bonds. The Hall–Kier alpha value is -0.770. The van der Waals surface area contributed by atoms with Gasteiger partial charge in [0.05, 0.1) is 0 Å². The molecule has 2 rings (SSSR count). The number of hydrogen-bond acceptors (Lipinski definition) is 2. The van der Waals surface area contributed by atoms with Crippen LogP contribution in [0.2, 0.25) is 0 Å². The predicted molar refractivity (Wildman–Crippen MR) is 91.4 cm³/mol. The molecule has 0 bridgehead atoms. The van der Waals surface area contributed by atoms with Crippen molar-refractivity contribution in [2.75, 3.05) is 6.54 Å². The molecule has 1 nitrogen and oxygen atoms in total. The van der Waals surface area contributed by atoms with E-state index in [1.54, 1.807) is 11.8 Å². The monoisotopic (exact) mass is 349 g/mol. The van der Waals surface area contributed by atoms with Gasteiger partial charge < -0.3 is 5.32 Å². The third-order valence-corrected chi connectivity index (χ3v) is 5.00. The lowest BCUT2D eigenvalue weighted by molar-refractivity contribution is 0.675. The first-order chi connectivity index (χ1) is 9.69. The number of benzene rings is 2. The van der Waals surface area contributed by atoms with Gasteiger partial charge in [0.1, 0.15) is 0 Å². The van der Waals surface area contributed by atoms with Crippen LogP contribution in [0, 0.1) is 6.92 Å². The van der Waals surface area contributed by atoms with E-state index in [0.29, 0.717) is 0 Å². The van der Waals surface area contributed by atoms with Gasteiger partial charge in [0, 0.05) is 20.8 Å². The predicted octanol–water partition coefficient (Wildman–Crippen LogP) is 5.41. The largest absolute Gasteiger partial charge is 0.313 e. The Kier molecular flexibility index (Phi) is 6.14. The quantitative estimate of drug-likeness (QED) is 0.699. The molecular formula is C17H20BrNS. The SMILES string of the molecule is CCCNCc1ccc(Sc2ccc(C)cc2)c(Br)c1. The lowest BCUT2D eigenvalue weighted by Crippen LogP contribution is -2.13. The summed E-state index contributed by atoms with van der Waals surface area (Å²) in [5, 5.41) is 3.43. The topological polar surface area (TPSA) is 12.0 Å². The number of halogens is 1. The zero-order chi connectivity index (χ0) is 14.4. The van der Waals surface area contributed by atoms with E-state index in [1.165, 1.54) is 31.8 Å². The van der Waals surface area contributed by atoms with Crippen molar-refractivity contribution in [2.24, 2.45) is 0 Å². The Morgan fingerprint density at radius 2 is 1.85 bits per heavy atom. The van der Waals surface area contributed by atoms with Crippen LogP contribution in [0.15, 0.2) is 56.7 Å².